The third kappa shape index (κ3) is 8.32. The van der Waals surface area contributed by atoms with E-state index in [-0.39, 0.29) is 30.9 Å². The van der Waals surface area contributed by atoms with Gasteiger partial charge in [-0.2, -0.15) is 0 Å². The number of carbonyl (C=O) groups excluding carboxylic acids is 2. The molecule has 1 aromatic rings. The first-order valence-electron chi connectivity index (χ1n) is 8.45. The van der Waals surface area contributed by atoms with Crippen LogP contribution in [0.4, 0.5) is 8.78 Å². The highest BCUT2D eigenvalue weighted by Gasteiger charge is 2.14. The maximum atomic E-state index is 13.5. The Bertz CT molecular complexity index is 601. The number of benzene rings is 1. The highest BCUT2D eigenvalue weighted by atomic mass is 19.1. The van der Waals surface area contributed by atoms with Crippen molar-refractivity contribution in [1.29, 1.82) is 0 Å². The van der Waals surface area contributed by atoms with Crippen molar-refractivity contribution in [3.63, 3.8) is 0 Å². The van der Waals surface area contributed by atoms with Crippen LogP contribution in [0.3, 0.4) is 0 Å². The van der Waals surface area contributed by atoms with Crippen LogP contribution in [-0.2, 0) is 16.0 Å². The fraction of sp³-hybridized carbons (Fsp3) is 0.529. The van der Waals surface area contributed by atoms with Gasteiger partial charge in [0.1, 0.15) is 17.7 Å². The number of nitrogens with one attached hydrogen (secondary N) is 2. The Labute approximate surface area is 151 Å². The smallest absolute Gasteiger partial charge is 0.250 e. The predicted molar refractivity (Wildman–Crippen MR) is 93.0 cm³/mol. The first-order valence-corrected chi connectivity index (χ1v) is 8.45. The number of aliphatic hydroxyl groups excluding tert-OH is 1. The Morgan fingerprint density at radius 3 is 2.46 bits per heavy atom. The maximum Gasteiger partial charge on any atom is 0.250 e. The zero-order valence-electron chi connectivity index (χ0n) is 14.5. The number of amides is 2. The number of carbonyl (C=O) groups is 2. The highest BCUT2D eigenvalue weighted by molar-refractivity contribution is 5.80. The summed E-state index contributed by atoms with van der Waals surface area (Å²) in [4.78, 5) is 23.0. The number of halogens is 2. The second-order valence-electron chi connectivity index (χ2n) is 6.00. The van der Waals surface area contributed by atoms with E-state index in [1.54, 1.807) is 0 Å². The lowest BCUT2D eigenvalue weighted by Crippen LogP contribution is -2.39. The van der Waals surface area contributed by atoms with Crippen LogP contribution in [-0.4, -0.2) is 48.7 Å². The molecule has 0 radical (unpaired) electrons. The molecule has 0 aliphatic rings. The number of hydrogen-bond donors (Lipinski definition) is 5. The van der Waals surface area contributed by atoms with Gasteiger partial charge in [-0.05, 0) is 43.0 Å². The molecule has 0 saturated carbocycles. The van der Waals surface area contributed by atoms with Gasteiger partial charge in [0.2, 0.25) is 11.8 Å². The van der Waals surface area contributed by atoms with E-state index in [1.807, 2.05) is 0 Å². The third-order valence-corrected chi connectivity index (χ3v) is 3.69. The number of rotatable bonds is 11. The number of aliphatic hydroxyl groups is 1. The van der Waals surface area contributed by atoms with Crippen LogP contribution < -0.4 is 22.1 Å². The summed E-state index contributed by atoms with van der Waals surface area (Å²) >= 11 is 0. The highest BCUT2D eigenvalue weighted by Crippen LogP contribution is 2.12. The van der Waals surface area contributed by atoms with Crippen molar-refractivity contribution in [2.24, 2.45) is 11.5 Å². The van der Waals surface area contributed by atoms with Gasteiger partial charge in [0.15, 0.2) is 0 Å². The van der Waals surface area contributed by atoms with E-state index in [9.17, 15) is 23.5 Å². The van der Waals surface area contributed by atoms with Crippen LogP contribution in [0.1, 0.15) is 24.8 Å². The molecule has 2 atom stereocenters. The molecule has 0 heterocycles. The van der Waals surface area contributed by atoms with E-state index in [2.05, 4.69) is 10.6 Å². The average Bonchev–Trinajstić information content (AvgIpc) is 2.59. The summed E-state index contributed by atoms with van der Waals surface area (Å²) in [6, 6.07) is 2.51. The van der Waals surface area contributed by atoms with E-state index < -0.39 is 29.7 Å². The molecule has 2 amide bonds. The Kier molecular flexibility index (Phi) is 9.71. The number of unbranched alkanes of at least 4 members (excludes halogenated alkanes) is 1. The summed E-state index contributed by atoms with van der Waals surface area (Å²) in [5.74, 6) is -1.91. The molecule has 0 bridgehead atoms. The Morgan fingerprint density at radius 2 is 1.81 bits per heavy atom. The van der Waals surface area contributed by atoms with E-state index in [0.717, 1.165) is 18.2 Å². The molecule has 0 aliphatic heterocycles. The molecule has 0 aromatic heterocycles. The molecule has 0 aliphatic carbocycles. The molecule has 1 unspecified atom stereocenters. The van der Waals surface area contributed by atoms with Crippen LogP contribution in [0, 0.1) is 11.6 Å². The van der Waals surface area contributed by atoms with Crippen molar-refractivity contribution in [3.8, 4) is 0 Å². The lowest BCUT2D eigenvalue weighted by Gasteiger charge is -2.13. The fourth-order valence-electron chi connectivity index (χ4n) is 2.28. The van der Waals surface area contributed by atoms with Crippen molar-refractivity contribution in [3.05, 3.63) is 35.4 Å². The van der Waals surface area contributed by atoms with Crippen LogP contribution in [0.2, 0.25) is 0 Å². The standard InChI is InChI=1S/C17H26F2N4O3/c18-12-3-4-14(19)11(7-12)8-13(21)9-16(25)22-5-1-2-6-23-17(26)15(24)10-20/h3-4,7,13,15,24H,1-2,5-6,8-10,20-21H2,(H,22,25)(H,23,26)/t13?,15-/m0/s1. The fourth-order valence-corrected chi connectivity index (χ4v) is 2.28. The van der Waals surface area contributed by atoms with Gasteiger partial charge in [0, 0.05) is 32.1 Å². The molecule has 146 valence electrons. The monoisotopic (exact) mass is 372 g/mol. The summed E-state index contributed by atoms with van der Waals surface area (Å²) in [6.07, 6.45) is 0.0867. The molecule has 1 aromatic carbocycles. The van der Waals surface area contributed by atoms with Gasteiger partial charge in [0.25, 0.3) is 0 Å². The molecule has 0 spiro atoms. The van der Waals surface area contributed by atoms with Crippen LogP contribution in [0.5, 0.6) is 0 Å². The van der Waals surface area contributed by atoms with Crippen molar-refractivity contribution in [2.75, 3.05) is 19.6 Å². The molecule has 7 nitrogen and oxygen atoms in total. The topological polar surface area (TPSA) is 130 Å². The van der Waals surface area contributed by atoms with Gasteiger partial charge >= 0.3 is 0 Å². The minimum atomic E-state index is -1.21. The zero-order valence-corrected chi connectivity index (χ0v) is 14.5. The van der Waals surface area contributed by atoms with Gasteiger partial charge in [-0.1, -0.05) is 0 Å². The molecule has 26 heavy (non-hydrogen) atoms. The van der Waals surface area contributed by atoms with Crippen molar-refractivity contribution in [2.45, 2.75) is 37.8 Å². The quantitative estimate of drug-likeness (QED) is 0.336. The lowest BCUT2D eigenvalue weighted by molar-refractivity contribution is -0.128. The van der Waals surface area contributed by atoms with Crippen molar-refractivity contribution in [1.82, 2.24) is 10.6 Å². The van der Waals surface area contributed by atoms with Gasteiger partial charge < -0.3 is 27.2 Å². The largest absolute Gasteiger partial charge is 0.382 e. The Morgan fingerprint density at radius 1 is 1.15 bits per heavy atom. The van der Waals surface area contributed by atoms with E-state index in [4.69, 9.17) is 11.5 Å². The first kappa shape index (κ1) is 21.9. The normalized spacial score (nSPS) is 13.1. The zero-order chi connectivity index (χ0) is 19.5. The van der Waals surface area contributed by atoms with Crippen molar-refractivity contribution < 1.29 is 23.5 Å². The van der Waals surface area contributed by atoms with Crippen molar-refractivity contribution >= 4 is 11.8 Å². The predicted octanol–water partition coefficient (Wildman–Crippen LogP) is -0.443. The summed E-state index contributed by atoms with van der Waals surface area (Å²) in [5.41, 5.74) is 11.1. The summed E-state index contributed by atoms with van der Waals surface area (Å²) in [6.45, 7) is 0.626. The molecule has 7 N–H and O–H groups in total. The van der Waals surface area contributed by atoms with Gasteiger partial charge in [-0.3, -0.25) is 9.59 Å². The molecular weight excluding hydrogens is 346 g/mol. The van der Waals surface area contributed by atoms with E-state index in [1.165, 1.54) is 0 Å². The number of nitrogens with two attached hydrogens (primary N) is 2. The summed E-state index contributed by atoms with van der Waals surface area (Å²) < 4.78 is 26.7. The van der Waals surface area contributed by atoms with Gasteiger partial charge in [-0.25, -0.2) is 8.78 Å². The van der Waals surface area contributed by atoms with Crippen LogP contribution >= 0.6 is 0 Å². The lowest BCUT2D eigenvalue weighted by atomic mass is 10.0. The molecule has 9 heteroatoms. The van der Waals surface area contributed by atoms with Gasteiger partial charge in [0.05, 0.1) is 0 Å². The molecule has 1 rings (SSSR count). The maximum absolute atomic E-state index is 13.5. The van der Waals surface area contributed by atoms with Crippen LogP contribution in [0.15, 0.2) is 18.2 Å². The summed E-state index contributed by atoms with van der Waals surface area (Å²) in [5, 5.41) is 14.4. The number of hydrogen-bond acceptors (Lipinski definition) is 5. The molecular formula is C17H26F2N4O3. The SMILES string of the molecule is NC[C@H](O)C(=O)NCCCCNC(=O)CC(N)Cc1cc(F)ccc1F. The Hall–Kier alpha value is -2.10. The van der Waals surface area contributed by atoms with Crippen LogP contribution in [0.25, 0.3) is 0 Å². The van der Waals surface area contributed by atoms with E-state index in [0.29, 0.717) is 25.9 Å². The Balaban J connectivity index is 2.18. The second-order valence-corrected chi connectivity index (χ2v) is 6.00. The molecule has 0 saturated heterocycles. The molecule has 0 fully saturated rings. The minimum absolute atomic E-state index is 0.00458. The second kappa shape index (κ2) is 11.5. The first-order chi connectivity index (χ1) is 12.3. The van der Waals surface area contributed by atoms with Gasteiger partial charge in [-0.15, -0.1) is 0 Å². The average molecular weight is 372 g/mol. The minimum Gasteiger partial charge on any atom is -0.382 e. The van der Waals surface area contributed by atoms with E-state index >= 15 is 0 Å². The third-order valence-electron chi connectivity index (χ3n) is 3.69. The summed E-state index contributed by atoms with van der Waals surface area (Å²) in [7, 11) is 0.